The zero-order valence-electron chi connectivity index (χ0n) is 16.3. The molecule has 0 spiro atoms. The Morgan fingerprint density at radius 1 is 0.962 bits per heavy atom. The topological polar surface area (TPSA) is 142 Å². The fourth-order valence-corrected chi connectivity index (χ4v) is 2.49. The zero-order chi connectivity index (χ0) is 20.3. The third kappa shape index (κ3) is 9.15. The quantitative estimate of drug-likeness (QED) is 0.302. The molecule has 0 heterocycles. The highest BCUT2D eigenvalue weighted by atomic mass is 16.4. The van der Waals surface area contributed by atoms with E-state index >= 15 is 0 Å². The summed E-state index contributed by atoms with van der Waals surface area (Å²) in [6.45, 7) is 6.89. The number of carbonyl (C=O) groups is 3. The minimum atomic E-state index is -1.41. The van der Waals surface area contributed by atoms with Gasteiger partial charge in [-0.15, -0.1) is 0 Å². The Hall–Kier alpha value is -1.67. The molecule has 0 saturated carbocycles. The van der Waals surface area contributed by atoms with Gasteiger partial charge >= 0.3 is 5.97 Å². The number of amides is 2. The molecule has 0 bridgehead atoms. The summed E-state index contributed by atoms with van der Waals surface area (Å²) in [5.74, 6) is -2.80. The van der Waals surface area contributed by atoms with Gasteiger partial charge in [-0.2, -0.15) is 0 Å². The second kappa shape index (κ2) is 12.6. The van der Waals surface area contributed by atoms with Crippen molar-refractivity contribution in [3.05, 3.63) is 0 Å². The van der Waals surface area contributed by atoms with E-state index in [0.717, 1.165) is 32.1 Å². The number of aliphatic carboxylic acids is 1. The number of hydrogen-bond donors (Lipinski definition) is 5. The molecular formula is C18H35N3O5. The number of carbonyl (C=O) groups excluding carboxylic acids is 2. The maximum atomic E-state index is 12.1. The molecule has 1 unspecified atom stereocenters. The van der Waals surface area contributed by atoms with Crippen LogP contribution in [-0.2, 0) is 14.4 Å². The van der Waals surface area contributed by atoms with Crippen molar-refractivity contribution in [2.45, 2.75) is 90.4 Å². The molecule has 0 aromatic rings. The van der Waals surface area contributed by atoms with Crippen LogP contribution in [-0.4, -0.2) is 52.2 Å². The summed E-state index contributed by atoms with van der Waals surface area (Å²) in [5, 5.41) is 23.9. The van der Waals surface area contributed by atoms with Crippen LogP contribution in [0.5, 0.6) is 0 Å². The Morgan fingerprint density at radius 3 is 2.04 bits per heavy atom. The van der Waals surface area contributed by atoms with Crippen LogP contribution in [0.25, 0.3) is 0 Å². The van der Waals surface area contributed by atoms with E-state index in [1.807, 2.05) is 0 Å². The molecule has 2 amide bonds. The van der Waals surface area contributed by atoms with Crippen LogP contribution in [0.1, 0.15) is 66.2 Å². The maximum absolute atomic E-state index is 12.1. The number of nitrogens with two attached hydrogens (primary N) is 1. The van der Waals surface area contributed by atoms with Gasteiger partial charge in [-0.05, 0) is 19.3 Å². The van der Waals surface area contributed by atoms with Gasteiger partial charge in [0.25, 0.3) is 5.91 Å². The summed E-state index contributed by atoms with van der Waals surface area (Å²) in [7, 11) is 0. The third-order valence-electron chi connectivity index (χ3n) is 4.30. The molecule has 0 rings (SSSR count). The van der Waals surface area contributed by atoms with Crippen molar-refractivity contribution in [2.24, 2.45) is 11.7 Å². The number of hydrogen-bond acceptors (Lipinski definition) is 5. The lowest BCUT2D eigenvalue weighted by molar-refractivity contribution is -0.143. The molecular weight excluding hydrogens is 338 g/mol. The smallest absolute Gasteiger partial charge is 0.326 e. The van der Waals surface area contributed by atoms with E-state index in [9.17, 15) is 19.5 Å². The highest BCUT2D eigenvalue weighted by molar-refractivity contribution is 5.91. The Labute approximate surface area is 155 Å². The number of nitrogens with one attached hydrogen (secondary N) is 2. The summed E-state index contributed by atoms with van der Waals surface area (Å²) in [6, 6.07) is -2.72. The molecule has 0 aliphatic carbocycles. The highest BCUT2D eigenvalue weighted by Crippen LogP contribution is 2.09. The first-order valence-corrected chi connectivity index (χ1v) is 9.38. The first-order chi connectivity index (χ1) is 12.1. The van der Waals surface area contributed by atoms with Gasteiger partial charge in [0, 0.05) is 6.04 Å². The fourth-order valence-electron chi connectivity index (χ4n) is 2.49. The Bertz CT molecular complexity index is 456. The number of rotatable bonds is 13. The molecule has 8 heteroatoms. The van der Waals surface area contributed by atoms with Gasteiger partial charge in [-0.25, -0.2) is 4.79 Å². The molecule has 0 radical (unpaired) electrons. The minimum Gasteiger partial charge on any atom is -0.480 e. The predicted octanol–water partition coefficient (Wildman–Crippen LogP) is 0.765. The van der Waals surface area contributed by atoms with Crippen LogP contribution in [0, 0.1) is 5.92 Å². The molecule has 4 atom stereocenters. The number of carboxylic acids is 1. The van der Waals surface area contributed by atoms with Crippen molar-refractivity contribution < 1.29 is 24.6 Å². The Balaban J connectivity index is 4.41. The molecule has 26 heavy (non-hydrogen) atoms. The molecule has 0 aromatic carbocycles. The lowest BCUT2D eigenvalue weighted by Crippen LogP contribution is -2.55. The normalized spacial score (nSPS) is 15.8. The monoisotopic (exact) mass is 373 g/mol. The SMILES string of the molecule is CCCCCCC[C@H](N)C(O)C(=O)N[C@@H](C)C(=O)N[C@H](C(=O)O)C(C)C. The van der Waals surface area contributed by atoms with Crippen molar-refractivity contribution in [3.63, 3.8) is 0 Å². The van der Waals surface area contributed by atoms with Crippen LogP contribution in [0.2, 0.25) is 0 Å². The summed E-state index contributed by atoms with van der Waals surface area (Å²) in [6.07, 6.45) is 4.33. The van der Waals surface area contributed by atoms with Crippen LogP contribution in [0.15, 0.2) is 0 Å². The molecule has 6 N–H and O–H groups in total. The van der Waals surface area contributed by atoms with E-state index in [-0.39, 0.29) is 5.92 Å². The van der Waals surface area contributed by atoms with Gasteiger partial charge in [-0.3, -0.25) is 9.59 Å². The van der Waals surface area contributed by atoms with Gasteiger partial charge in [0.1, 0.15) is 18.2 Å². The van der Waals surface area contributed by atoms with Crippen LogP contribution >= 0.6 is 0 Å². The summed E-state index contributed by atoms with van der Waals surface area (Å²) in [4.78, 5) is 35.2. The van der Waals surface area contributed by atoms with E-state index in [0.29, 0.717) is 6.42 Å². The van der Waals surface area contributed by atoms with Crippen molar-refractivity contribution in [3.8, 4) is 0 Å². The van der Waals surface area contributed by atoms with Gasteiger partial charge in [0.05, 0.1) is 0 Å². The second-order valence-corrected chi connectivity index (χ2v) is 7.11. The van der Waals surface area contributed by atoms with E-state index < -0.39 is 42.0 Å². The number of unbranched alkanes of at least 4 members (excludes halogenated alkanes) is 4. The number of carboxylic acid groups (broad SMARTS) is 1. The van der Waals surface area contributed by atoms with Gasteiger partial charge in [0.2, 0.25) is 5.91 Å². The first-order valence-electron chi connectivity index (χ1n) is 9.38. The summed E-state index contributed by atoms with van der Waals surface area (Å²) >= 11 is 0. The van der Waals surface area contributed by atoms with Crippen molar-refractivity contribution in [1.82, 2.24) is 10.6 Å². The van der Waals surface area contributed by atoms with Crippen LogP contribution in [0.3, 0.4) is 0 Å². The molecule has 0 fully saturated rings. The first kappa shape index (κ1) is 24.3. The molecule has 0 aromatic heterocycles. The fraction of sp³-hybridized carbons (Fsp3) is 0.833. The molecule has 152 valence electrons. The third-order valence-corrected chi connectivity index (χ3v) is 4.30. The van der Waals surface area contributed by atoms with E-state index in [1.165, 1.54) is 6.92 Å². The van der Waals surface area contributed by atoms with Gasteiger partial charge in [-0.1, -0.05) is 52.9 Å². The average molecular weight is 373 g/mol. The van der Waals surface area contributed by atoms with Crippen LogP contribution < -0.4 is 16.4 Å². The summed E-state index contributed by atoms with van der Waals surface area (Å²) < 4.78 is 0. The Kier molecular flexibility index (Phi) is 11.8. The predicted molar refractivity (Wildman–Crippen MR) is 99.4 cm³/mol. The standard InChI is InChI=1S/C18H35N3O5/c1-5-6-7-8-9-10-13(19)15(22)17(24)20-12(4)16(23)21-14(11(2)3)18(25)26/h11-15,22H,5-10,19H2,1-4H3,(H,20,24)(H,21,23)(H,25,26)/t12-,13-,14-,15?/m0/s1. The highest BCUT2D eigenvalue weighted by Gasteiger charge is 2.29. The van der Waals surface area contributed by atoms with Gasteiger partial charge in [0.15, 0.2) is 0 Å². The van der Waals surface area contributed by atoms with E-state index in [4.69, 9.17) is 10.8 Å². The largest absolute Gasteiger partial charge is 0.480 e. The van der Waals surface area contributed by atoms with Crippen molar-refractivity contribution in [2.75, 3.05) is 0 Å². The van der Waals surface area contributed by atoms with Crippen molar-refractivity contribution in [1.29, 1.82) is 0 Å². The minimum absolute atomic E-state index is 0.300. The van der Waals surface area contributed by atoms with Crippen LogP contribution in [0.4, 0.5) is 0 Å². The van der Waals surface area contributed by atoms with Crippen molar-refractivity contribution >= 4 is 17.8 Å². The second-order valence-electron chi connectivity index (χ2n) is 7.11. The van der Waals surface area contributed by atoms with E-state index in [1.54, 1.807) is 13.8 Å². The number of aliphatic hydroxyl groups excluding tert-OH is 1. The Morgan fingerprint density at radius 2 is 1.54 bits per heavy atom. The maximum Gasteiger partial charge on any atom is 0.326 e. The zero-order valence-corrected chi connectivity index (χ0v) is 16.3. The molecule has 0 aliphatic rings. The average Bonchev–Trinajstić information content (AvgIpc) is 2.57. The van der Waals surface area contributed by atoms with E-state index in [2.05, 4.69) is 17.6 Å². The lowest BCUT2D eigenvalue weighted by atomic mass is 10.0. The molecule has 0 saturated heterocycles. The number of aliphatic hydroxyl groups is 1. The molecule has 0 aliphatic heterocycles. The lowest BCUT2D eigenvalue weighted by Gasteiger charge is -2.23. The van der Waals surface area contributed by atoms with Gasteiger partial charge < -0.3 is 26.6 Å². The summed E-state index contributed by atoms with van der Waals surface area (Å²) in [5.41, 5.74) is 5.86. The molecule has 8 nitrogen and oxygen atoms in total.